The predicted molar refractivity (Wildman–Crippen MR) is 119 cm³/mol. The van der Waals surface area contributed by atoms with Crippen LogP contribution in [0.2, 0.25) is 6.55 Å². The lowest BCUT2D eigenvalue weighted by atomic mass is 10.1. The van der Waals surface area contributed by atoms with Gasteiger partial charge in [-0.25, -0.2) is 0 Å². The third-order valence-electron chi connectivity index (χ3n) is 6.58. The normalized spacial score (nSPS) is 14.6. The number of hydrogen-bond acceptors (Lipinski definition) is 0. The number of hydrogen-bond donors (Lipinski definition) is 0. The summed E-state index contributed by atoms with van der Waals surface area (Å²) < 4.78 is 0. The summed E-state index contributed by atoms with van der Waals surface area (Å²) in [5.74, 6) is 0. The van der Waals surface area contributed by atoms with E-state index in [4.69, 9.17) is 0 Å². The first-order valence-corrected chi connectivity index (χ1v) is 12.2. The van der Waals surface area contributed by atoms with Gasteiger partial charge in [0.2, 0.25) is 0 Å². The van der Waals surface area contributed by atoms with Crippen LogP contribution in [0.25, 0.3) is 22.3 Å². The Balaban J connectivity index is 1.56. The van der Waals surface area contributed by atoms with E-state index < -0.39 is 8.80 Å². The molecule has 4 aromatic rings. The minimum Gasteiger partial charge on any atom is -0.0695 e. The molecule has 0 fully saturated rings. The van der Waals surface area contributed by atoms with E-state index in [-0.39, 0.29) is 0 Å². The molecular weight excluding hydrogens is 352 g/mol. The van der Waals surface area contributed by atoms with Crippen molar-refractivity contribution >= 4 is 8.80 Å². The van der Waals surface area contributed by atoms with Gasteiger partial charge in [0.05, 0.1) is 8.80 Å². The molecule has 28 heavy (non-hydrogen) atoms. The Kier molecular flexibility index (Phi) is 3.48. The highest BCUT2D eigenvalue weighted by molar-refractivity contribution is 6.63. The van der Waals surface area contributed by atoms with Gasteiger partial charge in [-0.3, -0.25) is 0 Å². The van der Waals surface area contributed by atoms with Crippen LogP contribution in [-0.4, -0.2) is 8.80 Å². The molecule has 0 unspecified atom stereocenters. The van der Waals surface area contributed by atoms with Crippen molar-refractivity contribution in [3.8, 4) is 22.3 Å². The average molecular weight is 374 g/mol. The van der Waals surface area contributed by atoms with Gasteiger partial charge in [0, 0.05) is 11.1 Å². The quantitative estimate of drug-likeness (QED) is 0.338. The third kappa shape index (κ3) is 2.11. The van der Waals surface area contributed by atoms with Crippen LogP contribution >= 0.6 is 0 Å². The summed E-state index contributed by atoms with van der Waals surface area (Å²) in [5.41, 5.74) is 12.9. The maximum Gasteiger partial charge on any atom is 0.0727 e. The van der Waals surface area contributed by atoms with Gasteiger partial charge in [-0.15, -0.1) is 0 Å². The van der Waals surface area contributed by atoms with Gasteiger partial charge in [0.1, 0.15) is 0 Å². The number of benzene rings is 4. The maximum absolute atomic E-state index is 2.55. The molecule has 6 rings (SSSR count). The van der Waals surface area contributed by atoms with Crippen LogP contribution in [0.5, 0.6) is 0 Å². The lowest BCUT2D eigenvalue weighted by molar-refractivity contribution is 1.05. The Bertz CT molecular complexity index is 1020. The molecular formula is C27H21Si. The first-order chi connectivity index (χ1) is 13.8. The summed E-state index contributed by atoms with van der Waals surface area (Å²) in [7, 11) is -0.792. The molecule has 0 aliphatic heterocycles. The minimum atomic E-state index is -0.792. The minimum absolute atomic E-state index is 0.529. The molecule has 1 radical (unpaired) electrons. The van der Waals surface area contributed by atoms with Gasteiger partial charge in [0.15, 0.2) is 0 Å². The van der Waals surface area contributed by atoms with E-state index in [1.54, 1.807) is 0 Å². The van der Waals surface area contributed by atoms with Crippen molar-refractivity contribution in [2.24, 2.45) is 0 Å². The van der Waals surface area contributed by atoms with E-state index >= 15 is 0 Å². The van der Waals surface area contributed by atoms with Gasteiger partial charge >= 0.3 is 0 Å². The lowest BCUT2D eigenvalue weighted by Crippen LogP contribution is -2.28. The van der Waals surface area contributed by atoms with Crippen molar-refractivity contribution in [2.45, 2.75) is 17.6 Å². The molecule has 2 aliphatic rings. The number of rotatable bonds is 2. The van der Waals surface area contributed by atoms with Crippen LogP contribution in [-0.2, 0) is 0 Å². The fourth-order valence-electron chi connectivity index (χ4n) is 5.46. The highest BCUT2D eigenvalue weighted by Gasteiger charge is 2.41. The molecule has 1 heteroatoms. The first kappa shape index (κ1) is 16.1. The van der Waals surface area contributed by atoms with Crippen molar-refractivity contribution in [1.82, 2.24) is 0 Å². The summed E-state index contributed by atoms with van der Waals surface area (Å²) in [6.45, 7) is 2.55. The lowest BCUT2D eigenvalue weighted by Gasteiger charge is -2.27. The second-order valence-corrected chi connectivity index (χ2v) is 10.6. The Morgan fingerprint density at radius 2 is 0.679 bits per heavy atom. The van der Waals surface area contributed by atoms with Crippen LogP contribution in [0.3, 0.4) is 0 Å². The topological polar surface area (TPSA) is 0 Å². The van der Waals surface area contributed by atoms with Crippen molar-refractivity contribution in [3.05, 3.63) is 119 Å². The van der Waals surface area contributed by atoms with E-state index in [2.05, 4.69) is 104 Å². The van der Waals surface area contributed by atoms with Crippen LogP contribution in [0.15, 0.2) is 97.1 Å². The van der Waals surface area contributed by atoms with E-state index in [0.29, 0.717) is 11.1 Å². The second kappa shape index (κ2) is 6.05. The molecule has 133 valence electrons. The number of fused-ring (bicyclic) bond motifs is 6. The average Bonchev–Trinajstić information content (AvgIpc) is 3.27. The standard InChI is InChI=1S/C27H21Si/c1-28(26-22-14-6-2-10-18(22)19-11-3-7-15-23(19)26)27-24-16-8-4-12-20(24)21-13-5-9-17-25(21)27/h2-17,26-27H,1H3. The van der Waals surface area contributed by atoms with Crippen molar-refractivity contribution < 1.29 is 0 Å². The molecule has 0 nitrogen and oxygen atoms in total. The second-order valence-electron chi connectivity index (χ2n) is 7.96. The smallest absolute Gasteiger partial charge is 0.0695 e. The zero-order valence-electron chi connectivity index (χ0n) is 15.9. The molecule has 0 N–H and O–H groups in total. The largest absolute Gasteiger partial charge is 0.0727 e. The molecule has 0 bridgehead atoms. The van der Waals surface area contributed by atoms with Crippen LogP contribution < -0.4 is 0 Å². The molecule has 0 saturated heterocycles. The molecule has 0 amide bonds. The van der Waals surface area contributed by atoms with E-state index in [1.807, 2.05) is 0 Å². The zero-order valence-corrected chi connectivity index (χ0v) is 16.9. The molecule has 2 aliphatic carbocycles. The molecule has 0 spiro atoms. The summed E-state index contributed by atoms with van der Waals surface area (Å²) >= 11 is 0. The zero-order chi connectivity index (χ0) is 18.7. The summed E-state index contributed by atoms with van der Waals surface area (Å²) in [5, 5.41) is 0. The fourth-order valence-corrected chi connectivity index (χ4v) is 8.76. The van der Waals surface area contributed by atoms with Gasteiger partial charge in [-0.2, -0.15) is 0 Å². The molecule has 0 saturated carbocycles. The molecule has 0 heterocycles. The third-order valence-corrected chi connectivity index (χ3v) is 9.64. The Morgan fingerprint density at radius 3 is 0.964 bits per heavy atom. The van der Waals surface area contributed by atoms with E-state index in [1.165, 1.54) is 44.5 Å². The fraction of sp³-hybridized carbons (Fsp3) is 0.111. The summed E-state index contributed by atoms with van der Waals surface area (Å²) in [4.78, 5) is 0. The summed E-state index contributed by atoms with van der Waals surface area (Å²) in [6.07, 6.45) is 0. The SMILES string of the molecule is C[Si](C1c2ccccc2-c2ccccc21)C1c2ccccc2-c2ccccc21. The van der Waals surface area contributed by atoms with Crippen LogP contribution in [0.1, 0.15) is 33.3 Å². The van der Waals surface area contributed by atoms with Gasteiger partial charge < -0.3 is 0 Å². The first-order valence-electron chi connectivity index (χ1n) is 10.0. The van der Waals surface area contributed by atoms with E-state index in [0.717, 1.165) is 0 Å². The summed E-state index contributed by atoms with van der Waals surface area (Å²) in [6, 6.07) is 36.2. The molecule has 0 atom stereocenters. The highest BCUT2D eigenvalue weighted by atomic mass is 28.3. The Hall–Kier alpha value is -2.90. The Morgan fingerprint density at radius 1 is 0.429 bits per heavy atom. The molecule has 4 aromatic carbocycles. The maximum atomic E-state index is 2.55. The molecule has 0 aromatic heterocycles. The monoisotopic (exact) mass is 373 g/mol. The van der Waals surface area contributed by atoms with Crippen LogP contribution in [0, 0.1) is 0 Å². The van der Waals surface area contributed by atoms with Crippen molar-refractivity contribution in [3.63, 3.8) is 0 Å². The Labute approximate surface area is 168 Å². The van der Waals surface area contributed by atoms with Gasteiger partial charge in [-0.1, -0.05) is 104 Å². The van der Waals surface area contributed by atoms with Gasteiger partial charge in [0.25, 0.3) is 0 Å². The highest BCUT2D eigenvalue weighted by Crippen LogP contribution is 2.52. The van der Waals surface area contributed by atoms with Crippen molar-refractivity contribution in [2.75, 3.05) is 0 Å². The van der Waals surface area contributed by atoms with E-state index in [9.17, 15) is 0 Å². The van der Waals surface area contributed by atoms with Crippen LogP contribution in [0.4, 0.5) is 0 Å². The van der Waals surface area contributed by atoms with Gasteiger partial charge in [-0.05, 0) is 44.5 Å². The van der Waals surface area contributed by atoms with Crippen molar-refractivity contribution in [1.29, 1.82) is 0 Å². The predicted octanol–water partition coefficient (Wildman–Crippen LogP) is 6.81.